The van der Waals surface area contributed by atoms with Crippen molar-refractivity contribution >= 4 is 38.9 Å². The van der Waals surface area contributed by atoms with E-state index in [2.05, 4.69) is 18.5 Å². The summed E-state index contributed by atoms with van der Waals surface area (Å²) < 4.78 is 26.5. The van der Waals surface area contributed by atoms with Crippen LogP contribution in [-0.2, 0) is 10.0 Å². The number of anilines is 1. The summed E-state index contributed by atoms with van der Waals surface area (Å²) in [7, 11) is -3.75. The largest absolute Gasteiger partial charge is 0.322 e. The molecule has 0 aliphatic rings. The van der Waals surface area contributed by atoms with Crippen molar-refractivity contribution in [1.82, 2.24) is 4.31 Å². The van der Waals surface area contributed by atoms with E-state index in [1.54, 1.807) is 0 Å². The molecule has 0 spiro atoms. The smallest absolute Gasteiger partial charge is 0.288 e. The zero-order valence-electron chi connectivity index (χ0n) is 15.2. The number of carbonyl (C=O) groups is 1. The van der Waals surface area contributed by atoms with Gasteiger partial charge < -0.3 is 5.32 Å². The molecule has 1 amide bonds. The van der Waals surface area contributed by atoms with Crippen molar-refractivity contribution in [3.05, 3.63) is 88.5 Å². The molecule has 0 aromatic heterocycles. The summed E-state index contributed by atoms with van der Waals surface area (Å²) in [6.07, 6.45) is 2.95. The van der Waals surface area contributed by atoms with Gasteiger partial charge in [0.2, 0.25) is 10.0 Å². The van der Waals surface area contributed by atoms with Gasteiger partial charge in [-0.05, 0) is 36.4 Å². The molecule has 10 heteroatoms. The summed E-state index contributed by atoms with van der Waals surface area (Å²) in [6.45, 7) is 7.35. The van der Waals surface area contributed by atoms with Crippen molar-refractivity contribution in [2.75, 3.05) is 18.4 Å². The molecule has 2 aromatic rings. The van der Waals surface area contributed by atoms with E-state index >= 15 is 0 Å². The lowest BCUT2D eigenvalue weighted by Crippen LogP contribution is -2.31. The highest BCUT2D eigenvalue weighted by molar-refractivity contribution is 7.89. The van der Waals surface area contributed by atoms with E-state index in [1.165, 1.54) is 52.9 Å². The predicted molar refractivity (Wildman–Crippen MR) is 112 cm³/mol. The molecule has 29 heavy (non-hydrogen) atoms. The minimum Gasteiger partial charge on any atom is -0.322 e. The fourth-order valence-corrected chi connectivity index (χ4v) is 3.98. The molecule has 152 valence electrons. The van der Waals surface area contributed by atoms with Crippen LogP contribution in [0.2, 0.25) is 5.02 Å². The van der Waals surface area contributed by atoms with Crippen LogP contribution in [0.1, 0.15) is 10.4 Å². The number of nitrogens with zero attached hydrogens (tertiary/aromatic N) is 2. The van der Waals surface area contributed by atoms with Crippen molar-refractivity contribution in [3.63, 3.8) is 0 Å². The Kier molecular flexibility index (Phi) is 7.27. The van der Waals surface area contributed by atoms with E-state index in [9.17, 15) is 23.3 Å². The molecule has 8 nitrogen and oxygen atoms in total. The van der Waals surface area contributed by atoms with Crippen molar-refractivity contribution < 1.29 is 18.1 Å². The van der Waals surface area contributed by atoms with Gasteiger partial charge in [-0.3, -0.25) is 14.9 Å². The number of nitrogens with one attached hydrogen (secondary N) is 1. The third-order valence-corrected chi connectivity index (χ3v) is 5.99. The molecule has 2 aromatic carbocycles. The molecule has 0 aliphatic heterocycles. The SMILES string of the molecule is C=CCN(CC=C)S(=O)(=O)c1ccc(NC(=O)c2ccc(Cl)c([N+](=O)[O-])c2)cc1. The van der Waals surface area contributed by atoms with Crippen LogP contribution in [0.5, 0.6) is 0 Å². The molecule has 0 unspecified atom stereocenters. The first-order valence-corrected chi connectivity index (χ1v) is 10.1. The van der Waals surface area contributed by atoms with Gasteiger partial charge in [0.1, 0.15) is 5.02 Å². The molecule has 0 fully saturated rings. The predicted octanol–water partition coefficient (Wildman–Crippen LogP) is 3.86. The van der Waals surface area contributed by atoms with E-state index in [0.717, 1.165) is 6.07 Å². The van der Waals surface area contributed by atoms with Gasteiger partial charge in [0.15, 0.2) is 0 Å². The van der Waals surface area contributed by atoms with Gasteiger partial charge in [-0.25, -0.2) is 8.42 Å². The maximum atomic E-state index is 12.7. The summed E-state index contributed by atoms with van der Waals surface area (Å²) in [4.78, 5) is 22.6. The molecule has 1 N–H and O–H groups in total. The fourth-order valence-electron chi connectivity index (χ4n) is 2.42. The molecule has 0 bridgehead atoms. The zero-order valence-corrected chi connectivity index (χ0v) is 16.8. The Morgan fingerprint density at radius 3 is 2.24 bits per heavy atom. The van der Waals surface area contributed by atoms with E-state index in [4.69, 9.17) is 11.6 Å². The first kappa shape index (κ1) is 22.3. The number of nitro groups is 1. The van der Waals surface area contributed by atoms with Gasteiger partial charge in [0.05, 0.1) is 9.82 Å². The topological polar surface area (TPSA) is 110 Å². The maximum absolute atomic E-state index is 12.7. The van der Waals surface area contributed by atoms with Crippen molar-refractivity contribution in [1.29, 1.82) is 0 Å². The Hall–Kier alpha value is -3.01. The average molecular weight is 436 g/mol. The standard InChI is InChI=1S/C19H18ClN3O5S/c1-3-11-22(12-4-2)29(27,28)16-8-6-15(7-9-16)21-19(24)14-5-10-17(20)18(13-14)23(25)26/h3-10,13H,1-2,11-12H2,(H,21,24). The third kappa shape index (κ3) is 5.29. The normalized spacial score (nSPS) is 11.1. The monoisotopic (exact) mass is 435 g/mol. The van der Waals surface area contributed by atoms with Crippen molar-refractivity contribution in [2.24, 2.45) is 0 Å². The van der Waals surface area contributed by atoms with Gasteiger partial charge in [0, 0.05) is 30.4 Å². The number of hydrogen-bond acceptors (Lipinski definition) is 5. The maximum Gasteiger partial charge on any atom is 0.288 e. The first-order valence-electron chi connectivity index (χ1n) is 8.28. The number of carbonyl (C=O) groups excluding carboxylic acids is 1. The summed E-state index contributed by atoms with van der Waals surface area (Å²) in [6, 6.07) is 9.25. The van der Waals surface area contributed by atoms with Crippen LogP contribution in [0, 0.1) is 10.1 Å². The average Bonchev–Trinajstić information content (AvgIpc) is 2.68. The Balaban J connectivity index is 2.21. The quantitative estimate of drug-likeness (QED) is 0.365. The van der Waals surface area contributed by atoms with Gasteiger partial charge in [-0.15, -0.1) is 13.2 Å². The van der Waals surface area contributed by atoms with Gasteiger partial charge >= 0.3 is 0 Å². The highest BCUT2D eigenvalue weighted by Gasteiger charge is 2.22. The summed E-state index contributed by atoms with van der Waals surface area (Å²) in [5, 5.41) is 13.4. The highest BCUT2D eigenvalue weighted by Crippen LogP contribution is 2.26. The second-order valence-corrected chi connectivity index (χ2v) is 8.15. The molecule has 0 atom stereocenters. The number of benzene rings is 2. The van der Waals surface area contributed by atoms with Crippen molar-refractivity contribution in [2.45, 2.75) is 4.90 Å². The molecular formula is C19H18ClN3O5S. The van der Waals surface area contributed by atoms with E-state index in [-0.39, 0.29) is 34.3 Å². The van der Waals surface area contributed by atoms with Crippen LogP contribution >= 0.6 is 11.6 Å². The molecule has 0 aliphatic carbocycles. The van der Waals surface area contributed by atoms with Gasteiger partial charge in [-0.1, -0.05) is 23.8 Å². The Bertz CT molecular complexity index is 1040. The summed E-state index contributed by atoms with van der Waals surface area (Å²) in [5.74, 6) is -0.597. The molecule has 0 saturated heterocycles. The second kappa shape index (κ2) is 9.46. The highest BCUT2D eigenvalue weighted by atomic mass is 35.5. The van der Waals surface area contributed by atoms with Gasteiger partial charge in [-0.2, -0.15) is 4.31 Å². The number of amides is 1. The Labute approximate surface area is 173 Å². The zero-order chi connectivity index (χ0) is 21.6. The minimum absolute atomic E-state index is 0.0425. The number of sulfonamides is 1. The minimum atomic E-state index is -3.75. The Morgan fingerprint density at radius 1 is 1.14 bits per heavy atom. The lowest BCUT2D eigenvalue weighted by molar-refractivity contribution is -0.384. The van der Waals surface area contributed by atoms with Crippen LogP contribution in [0.25, 0.3) is 0 Å². The van der Waals surface area contributed by atoms with Crippen LogP contribution in [0.15, 0.2) is 72.7 Å². The van der Waals surface area contributed by atoms with Crippen LogP contribution in [0.3, 0.4) is 0 Å². The molecular weight excluding hydrogens is 418 g/mol. The lowest BCUT2D eigenvalue weighted by atomic mass is 10.2. The summed E-state index contributed by atoms with van der Waals surface area (Å²) >= 11 is 5.74. The first-order chi connectivity index (χ1) is 13.7. The van der Waals surface area contributed by atoms with Crippen molar-refractivity contribution in [3.8, 4) is 0 Å². The van der Waals surface area contributed by atoms with E-state index < -0.39 is 20.9 Å². The van der Waals surface area contributed by atoms with E-state index in [0.29, 0.717) is 5.69 Å². The van der Waals surface area contributed by atoms with Crippen LogP contribution in [-0.4, -0.2) is 36.6 Å². The molecule has 0 heterocycles. The van der Waals surface area contributed by atoms with Crippen LogP contribution < -0.4 is 5.32 Å². The van der Waals surface area contributed by atoms with Gasteiger partial charge in [0.25, 0.3) is 11.6 Å². The molecule has 2 rings (SSSR count). The number of nitro benzene ring substituents is 1. The number of halogens is 1. The second-order valence-electron chi connectivity index (χ2n) is 5.80. The fraction of sp³-hybridized carbons (Fsp3) is 0.105. The Morgan fingerprint density at radius 2 is 1.72 bits per heavy atom. The molecule has 0 saturated carbocycles. The summed E-state index contributed by atoms with van der Waals surface area (Å²) in [5.41, 5.74) is -0.0169. The van der Waals surface area contributed by atoms with Crippen LogP contribution in [0.4, 0.5) is 11.4 Å². The lowest BCUT2D eigenvalue weighted by Gasteiger charge is -2.19. The molecule has 0 radical (unpaired) electrons. The third-order valence-electron chi connectivity index (χ3n) is 3.82. The number of hydrogen-bond donors (Lipinski definition) is 1. The van der Waals surface area contributed by atoms with E-state index in [1.807, 2.05) is 0 Å². The number of rotatable bonds is 9.